The second-order valence-electron chi connectivity index (χ2n) is 5.93. The summed E-state index contributed by atoms with van der Waals surface area (Å²) in [5.74, 6) is 0. The van der Waals surface area contributed by atoms with Crippen LogP contribution in [-0.4, -0.2) is 39.1 Å². The molecule has 2 rings (SSSR count). The molecule has 2 unspecified atom stereocenters. The van der Waals surface area contributed by atoms with Crippen molar-refractivity contribution in [1.29, 1.82) is 0 Å². The standard InChI is InChI=1S/C13H22N4O2/c1-13(2,3)19-12(18)17-6-4-5-9(14)11(17)10-7-15-8-16-10/h7-9,11H,4-6,14H2,1-3H3,(H,15,16). The van der Waals surface area contributed by atoms with Crippen molar-refractivity contribution in [2.24, 2.45) is 5.73 Å². The number of carbonyl (C=O) groups excluding carboxylic acids is 1. The number of ether oxygens (including phenoxy) is 1. The molecule has 1 amide bonds. The third-order valence-corrected chi connectivity index (χ3v) is 3.14. The molecule has 3 N–H and O–H groups in total. The highest BCUT2D eigenvalue weighted by atomic mass is 16.6. The molecule has 0 radical (unpaired) electrons. The third-order valence-electron chi connectivity index (χ3n) is 3.14. The van der Waals surface area contributed by atoms with Crippen LogP contribution in [0.15, 0.2) is 12.5 Å². The zero-order chi connectivity index (χ0) is 14.0. The second kappa shape index (κ2) is 5.21. The lowest BCUT2D eigenvalue weighted by atomic mass is 9.95. The Bertz CT molecular complexity index is 424. The largest absolute Gasteiger partial charge is 0.444 e. The summed E-state index contributed by atoms with van der Waals surface area (Å²) in [5, 5.41) is 0. The van der Waals surface area contributed by atoms with Gasteiger partial charge in [0.2, 0.25) is 0 Å². The fourth-order valence-corrected chi connectivity index (χ4v) is 2.38. The van der Waals surface area contributed by atoms with Gasteiger partial charge in [0, 0.05) is 12.6 Å². The number of hydrogen-bond acceptors (Lipinski definition) is 4. The Balaban J connectivity index is 2.19. The Hall–Kier alpha value is -1.56. The Kier molecular flexibility index (Phi) is 3.80. The molecule has 2 atom stereocenters. The average molecular weight is 266 g/mol. The summed E-state index contributed by atoms with van der Waals surface area (Å²) in [5.41, 5.74) is 6.52. The number of nitrogens with two attached hydrogens (primary N) is 1. The van der Waals surface area contributed by atoms with Crippen LogP contribution >= 0.6 is 0 Å². The number of piperidine rings is 1. The topological polar surface area (TPSA) is 84.2 Å². The van der Waals surface area contributed by atoms with Crippen LogP contribution in [0.5, 0.6) is 0 Å². The number of imidazole rings is 1. The summed E-state index contributed by atoms with van der Waals surface area (Å²) >= 11 is 0. The zero-order valence-corrected chi connectivity index (χ0v) is 11.7. The normalized spacial score (nSPS) is 24.3. The molecule has 1 aromatic heterocycles. The zero-order valence-electron chi connectivity index (χ0n) is 11.7. The van der Waals surface area contributed by atoms with Crippen molar-refractivity contribution in [2.45, 2.75) is 51.3 Å². The van der Waals surface area contributed by atoms with Crippen molar-refractivity contribution >= 4 is 6.09 Å². The summed E-state index contributed by atoms with van der Waals surface area (Å²) in [6.45, 7) is 6.24. The molecule has 6 heteroatoms. The van der Waals surface area contributed by atoms with Crippen molar-refractivity contribution in [1.82, 2.24) is 14.9 Å². The van der Waals surface area contributed by atoms with E-state index in [0.717, 1.165) is 18.5 Å². The van der Waals surface area contributed by atoms with Crippen molar-refractivity contribution in [2.75, 3.05) is 6.54 Å². The highest BCUT2D eigenvalue weighted by Gasteiger charge is 2.36. The van der Waals surface area contributed by atoms with Crippen LogP contribution in [0.25, 0.3) is 0 Å². The first-order valence-corrected chi connectivity index (χ1v) is 6.62. The van der Waals surface area contributed by atoms with Crippen LogP contribution in [0, 0.1) is 0 Å². The molecule has 1 aliphatic rings. The van der Waals surface area contributed by atoms with E-state index in [1.165, 1.54) is 0 Å². The van der Waals surface area contributed by atoms with Gasteiger partial charge in [-0.05, 0) is 33.6 Å². The number of rotatable bonds is 1. The number of H-pyrrole nitrogens is 1. The lowest BCUT2D eigenvalue weighted by Crippen LogP contribution is -2.50. The second-order valence-corrected chi connectivity index (χ2v) is 5.93. The fraction of sp³-hybridized carbons (Fsp3) is 0.692. The van der Waals surface area contributed by atoms with Gasteiger partial charge in [0.15, 0.2) is 0 Å². The van der Waals surface area contributed by atoms with Gasteiger partial charge in [-0.3, -0.25) is 4.90 Å². The van der Waals surface area contributed by atoms with E-state index in [2.05, 4.69) is 9.97 Å². The number of aromatic amines is 1. The predicted octanol–water partition coefficient (Wildman–Crippen LogP) is 1.81. The maximum absolute atomic E-state index is 12.3. The van der Waals surface area contributed by atoms with Gasteiger partial charge in [-0.25, -0.2) is 9.78 Å². The fourth-order valence-electron chi connectivity index (χ4n) is 2.38. The van der Waals surface area contributed by atoms with Crippen LogP contribution in [0.1, 0.15) is 45.3 Å². The van der Waals surface area contributed by atoms with Crippen molar-refractivity contribution in [3.63, 3.8) is 0 Å². The lowest BCUT2D eigenvalue weighted by molar-refractivity contribution is 0.00593. The summed E-state index contributed by atoms with van der Waals surface area (Å²) in [4.78, 5) is 21.0. The van der Waals surface area contributed by atoms with Crippen LogP contribution in [0.4, 0.5) is 4.79 Å². The molecule has 106 valence electrons. The van der Waals surface area contributed by atoms with Crippen molar-refractivity contribution in [3.05, 3.63) is 18.2 Å². The molecule has 2 heterocycles. The molecule has 1 aromatic rings. The van der Waals surface area contributed by atoms with Gasteiger partial charge in [0.05, 0.1) is 24.3 Å². The Morgan fingerprint density at radius 2 is 2.32 bits per heavy atom. The average Bonchev–Trinajstić information content (AvgIpc) is 2.79. The first-order chi connectivity index (χ1) is 8.88. The Morgan fingerprint density at radius 3 is 2.89 bits per heavy atom. The number of likely N-dealkylation sites (tertiary alicyclic amines) is 1. The number of nitrogens with zero attached hydrogens (tertiary/aromatic N) is 2. The molecule has 0 aromatic carbocycles. The van der Waals surface area contributed by atoms with Gasteiger partial charge in [0.1, 0.15) is 5.60 Å². The summed E-state index contributed by atoms with van der Waals surface area (Å²) in [6, 6.07) is -0.284. The number of carbonyl (C=O) groups is 1. The molecule has 0 spiro atoms. The van der Waals surface area contributed by atoms with E-state index in [1.807, 2.05) is 20.8 Å². The minimum Gasteiger partial charge on any atom is -0.444 e. The van der Waals surface area contributed by atoms with Gasteiger partial charge in [-0.15, -0.1) is 0 Å². The molecular formula is C13H22N4O2. The molecule has 0 saturated carbocycles. The lowest BCUT2D eigenvalue weighted by Gasteiger charge is -2.39. The number of hydrogen-bond donors (Lipinski definition) is 2. The SMILES string of the molecule is CC(C)(C)OC(=O)N1CCCC(N)C1c1cnc[nH]1. The summed E-state index contributed by atoms with van der Waals surface area (Å²) in [6.07, 6.45) is 4.78. The van der Waals surface area contributed by atoms with Crippen LogP contribution in [0.3, 0.4) is 0 Å². The molecule has 19 heavy (non-hydrogen) atoms. The molecule has 6 nitrogen and oxygen atoms in total. The molecule has 1 fully saturated rings. The summed E-state index contributed by atoms with van der Waals surface area (Å²) in [7, 11) is 0. The van der Waals surface area contributed by atoms with E-state index >= 15 is 0 Å². The maximum Gasteiger partial charge on any atom is 0.410 e. The predicted molar refractivity (Wildman–Crippen MR) is 71.5 cm³/mol. The van der Waals surface area contributed by atoms with Gasteiger partial charge in [-0.1, -0.05) is 0 Å². The van der Waals surface area contributed by atoms with E-state index in [0.29, 0.717) is 6.54 Å². The quantitative estimate of drug-likeness (QED) is 0.812. The molecule has 1 aliphatic heterocycles. The highest BCUT2D eigenvalue weighted by Crippen LogP contribution is 2.30. The Labute approximate surface area is 113 Å². The first-order valence-electron chi connectivity index (χ1n) is 6.62. The highest BCUT2D eigenvalue weighted by molar-refractivity contribution is 5.69. The van der Waals surface area contributed by atoms with Gasteiger partial charge in [-0.2, -0.15) is 0 Å². The van der Waals surface area contributed by atoms with Crippen LogP contribution < -0.4 is 5.73 Å². The van der Waals surface area contributed by atoms with Crippen LogP contribution in [0.2, 0.25) is 0 Å². The number of aromatic nitrogens is 2. The number of amides is 1. The van der Waals surface area contributed by atoms with Gasteiger partial charge >= 0.3 is 6.09 Å². The van der Waals surface area contributed by atoms with Crippen LogP contribution in [-0.2, 0) is 4.74 Å². The smallest absolute Gasteiger partial charge is 0.410 e. The number of nitrogens with one attached hydrogen (secondary N) is 1. The van der Waals surface area contributed by atoms with Crippen molar-refractivity contribution in [3.8, 4) is 0 Å². The summed E-state index contributed by atoms with van der Waals surface area (Å²) < 4.78 is 5.45. The van der Waals surface area contributed by atoms with E-state index < -0.39 is 5.60 Å². The van der Waals surface area contributed by atoms with Gasteiger partial charge in [0.25, 0.3) is 0 Å². The van der Waals surface area contributed by atoms with Gasteiger partial charge < -0.3 is 15.5 Å². The molecule has 0 aliphatic carbocycles. The maximum atomic E-state index is 12.3. The minimum atomic E-state index is -0.503. The van der Waals surface area contributed by atoms with Crippen molar-refractivity contribution < 1.29 is 9.53 Å². The van der Waals surface area contributed by atoms with E-state index in [9.17, 15) is 4.79 Å². The Morgan fingerprint density at radius 1 is 1.58 bits per heavy atom. The third kappa shape index (κ3) is 3.26. The van der Waals surface area contributed by atoms with E-state index in [-0.39, 0.29) is 18.2 Å². The molecule has 0 bridgehead atoms. The molecular weight excluding hydrogens is 244 g/mol. The van der Waals surface area contributed by atoms with E-state index in [1.54, 1.807) is 17.4 Å². The first kappa shape index (κ1) is 13.9. The minimum absolute atomic E-state index is 0.0956. The monoisotopic (exact) mass is 266 g/mol. The van der Waals surface area contributed by atoms with E-state index in [4.69, 9.17) is 10.5 Å². The molecule has 1 saturated heterocycles.